The highest BCUT2D eigenvalue weighted by Crippen LogP contribution is 1.81. The number of H-pyrrole nitrogens is 1. The second-order valence-electron chi connectivity index (χ2n) is 1.85. The standard InChI is InChI=1S/C5H9N3O2/c1-2-8-5(10)6-4(3-9)7-8/h9H,2-3H2,1H3,(H,6,7,10). The number of aliphatic hydroxyl groups is 1. The first-order valence-corrected chi connectivity index (χ1v) is 3.04. The Hall–Kier alpha value is -1.10. The van der Waals surface area contributed by atoms with Crippen molar-refractivity contribution in [2.24, 2.45) is 0 Å². The molecule has 2 N–H and O–H groups in total. The Morgan fingerprint density at radius 1 is 1.80 bits per heavy atom. The van der Waals surface area contributed by atoms with Crippen LogP contribution in [-0.2, 0) is 13.2 Å². The Morgan fingerprint density at radius 2 is 2.50 bits per heavy atom. The first-order chi connectivity index (χ1) is 4.77. The van der Waals surface area contributed by atoms with Crippen LogP contribution in [0.15, 0.2) is 4.79 Å². The number of hydrogen-bond acceptors (Lipinski definition) is 3. The minimum Gasteiger partial charge on any atom is -0.388 e. The molecule has 5 heteroatoms. The van der Waals surface area contributed by atoms with Crippen LogP contribution < -0.4 is 5.69 Å². The highest BCUT2D eigenvalue weighted by molar-refractivity contribution is 4.77. The Labute approximate surface area is 57.3 Å². The molecule has 0 aromatic carbocycles. The van der Waals surface area contributed by atoms with E-state index in [4.69, 9.17) is 5.11 Å². The van der Waals surface area contributed by atoms with Crippen molar-refractivity contribution in [3.8, 4) is 0 Å². The van der Waals surface area contributed by atoms with Crippen molar-refractivity contribution in [2.75, 3.05) is 0 Å². The molecule has 5 nitrogen and oxygen atoms in total. The molecule has 10 heavy (non-hydrogen) atoms. The third-order valence-corrected chi connectivity index (χ3v) is 1.18. The lowest BCUT2D eigenvalue weighted by Crippen LogP contribution is -2.16. The van der Waals surface area contributed by atoms with Crippen molar-refractivity contribution >= 4 is 0 Å². The summed E-state index contributed by atoms with van der Waals surface area (Å²) < 4.78 is 1.26. The zero-order valence-electron chi connectivity index (χ0n) is 5.66. The number of nitrogens with zero attached hydrogens (tertiary/aromatic N) is 2. The smallest absolute Gasteiger partial charge is 0.343 e. The fourth-order valence-electron chi connectivity index (χ4n) is 0.690. The van der Waals surface area contributed by atoms with Crippen LogP contribution in [0.2, 0.25) is 0 Å². The average molecular weight is 143 g/mol. The number of aliphatic hydroxyl groups excluding tert-OH is 1. The van der Waals surface area contributed by atoms with Gasteiger partial charge in [0.05, 0.1) is 0 Å². The number of hydrogen-bond donors (Lipinski definition) is 2. The van der Waals surface area contributed by atoms with Gasteiger partial charge in [0.25, 0.3) is 0 Å². The summed E-state index contributed by atoms with van der Waals surface area (Å²) in [6, 6.07) is 0. The summed E-state index contributed by atoms with van der Waals surface area (Å²) in [7, 11) is 0. The molecule has 0 atom stereocenters. The van der Waals surface area contributed by atoms with Gasteiger partial charge in [-0.25, -0.2) is 9.48 Å². The fraction of sp³-hybridized carbons (Fsp3) is 0.600. The maximum absolute atomic E-state index is 10.8. The number of aromatic nitrogens is 3. The SMILES string of the molecule is CCn1nc(CO)[nH]c1=O. The van der Waals surface area contributed by atoms with Crippen LogP contribution in [0.4, 0.5) is 0 Å². The molecule has 1 rings (SSSR count). The van der Waals surface area contributed by atoms with Crippen LogP contribution in [0.5, 0.6) is 0 Å². The van der Waals surface area contributed by atoms with Crippen molar-refractivity contribution < 1.29 is 5.11 Å². The van der Waals surface area contributed by atoms with Crippen molar-refractivity contribution in [3.05, 3.63) is 16.3 Å². The van der Waals surface area contributed by atoms with E-state index in [2.05, 4.69) is 10.1 Å². The molecule has 1 heterocycles. The minimum absolute atomic E-state index is 0.220. The zero-order valence-corrected chi connectivity index (χ0v) is 5.66. The predicted octanol–water partition coefficient (Wildman–Crippen LogP) is -0.916. The van der Waals surface area contributed by atoms with Gasteiger partial charge in [-0.2, -0.15) is 5.10 Å². The summed E-state index contributed by atoms with van der Waals surface area (Å²) in [4.78, 5) is 13.2. The molecule has 0 spiro atoms. The molecule has 1 aromatic heterocycles. The number of nitrogens with one attached hydrogen (secondary N) is 1. The van der Waals surface area contributed by atoms with Gasteiger partial charge in [-0.1, -0.05) is 0 Å². The van der Waals surface area contributed by atoms with E-state index < -0.39 is 0 Å². The van der Waals surface area contributed by atoms with Gasteiger partial charge in [-0.05, 0) is 6.92 Å². The van der Waals surface area contributed by atoms with Crippen LogP contribution in [0.25, 0.3) is 0 Å². The molecule has 0 radical (unpaired) electrons. The van der Waals surface area contributed by atoms with E-state index in [1.165, 1.54) is 4.68 Å². The Kier molecular flexibility index (Phi) is 1.86. The van der Waals surface area contributed by atoms with Crippen LogP contribution in [-0.4, -0.2) is 19.9 Å². The first kappa shape index (κ1) is 7.01. The molecule has 0 saturated heterocycles. The fourth-order valence-corrected chi connectivity index (χ4v) is 0.690. The minimum atomic E-state index is -0.272. The molecule has 56 valence electrons. The molecule has 0 aliphatic heterocycles. The Bertz CT molecular complexity index is 262. The molecule has 0 amide bonds. The number of rotatable bonds is 2. The van der Waals surface area contributed by atoms with Crippen LogP contribution in [0.1, 0.15) is 12.7 Å². The van der Waals surface area contributed by atoms with Gasteiger partial charge in [0.15, 0.2) is 5.82 Å². The largest absolute Gasteiger partial charge is 0.388 e. The summed E-state index contributed by atoms with van der Waals surface area (Å²) in [5, 5.41) is 12.3. The Balaban J connectivity index is 3.04. The molecule has 0 aliphatic rings. The van der Waals surface area contributed by atoms with Crippen molar-refractivity contribution in [1.82, 2.24) is 14.8 Å². The summed E-state index contributed by atoms with van der Waals surface area (Å²) in [5.41, 5.74) is -0.272. The Morgan fingerprint density at radius 3 is 2.80 bits per heavy atom. The first-order valence-electron chi connectivity index (χ1n) is 3.04. The third-order valence-electron chi connectivity index (χ3n) is 1.18. The van der Waals surface area contributed by atoms with Gasteiger partial charge in [-0.15, -0.1) is 0 Å². The van der Waals surface area contributed by atoms with E-state index in [9.17, 15) is 4.79 Å². The topological polar surface area (TPSA) is 70.9 Å². The molecular weight excluding hydrogens is 134 g/mol. The predicted molar refractivity (Wildman–Crippen MR) is 34.4 cm³/mol. The maximum Gasteiger partial charge on any atom is 0.343 e. The quantitative estimate of drug-likeness (QED) is 0.562. The molecule has 0 fully saturated rings. The lowest BCUT2D eigenvalue weighted by molar-refractivity contribution is 0.270. The highest BCUT2D eigenvalue weighted by Gasteiger charge is 1.99. The van der Waals surface area contributed by atoms with Gasteiger partial charge in [0.1, 0.15) is 6.61 Å². The van der Waals surface area contributed by atoms with Gasteiger partial charge in [-0.3, -0.25) is 4.98 Å². The molecule has 0 unspecified atom stereocenters. The molecule has 0 saturated carbocycles. The monoisotopic (exact) mass is 143 g/mol. The summed E-state index contributed by atoms with van der Waals surface area (Å²) in [6.07, 6.45) is 0. The van der Waals surface area contributed by atoms with Crippen molar-refractivity contribution in [1.29, 1.82) is 0 Å². The molecule has 0 bridgehead atoms. The second kappa shape index (κ2) is 2.66. The molecule has 0 aliphatic carbocycles. The molecule has 1 aromatic rings. The average Bonchev–Trinajstić information content (AvgIpc) is 2.30. The normalized spacial score (nSPS) is 10.2. The van der Waals surface area contributed by atoms with Gasteiger partial charge >= 0.3 is 5.69 Å². The lowest BCUT2D eigenvalue weighted by atomic mass is 10.7. The van der Waals surface area contributed by atoms with E-state index in [0.717, 1.165) is 0 Å². The van der Waals surface area contributed by atoms with Crippen LogP contribution in [0, 0.1) is 0 Å². The number of aromatic amines is 1. The van der Waals surface area contributed by atoms with Crippen LogP contribution in [0.3, 0.4) is 0 Å². The lowest BCUT2D eigenvalue weighted by Gasteiger charge is -1.86. The summed E-state index contributed by atoms with van der Waals surface area (Å²) in [5.74, 6) is 0.312. The van der Waals surface area contributed by atoms with E-state index in [-0.39, 0.29) is 12.3 Å². The molecular formula is C5H9N3O2. The van der Waals surface area contributed by atoms with E-state index in [1.807, 2.05) is 6.92 Å². The van der Waals surface area contributed by atoms with Gasteiger partial charge in [0, 0.05) is 6.54 Å². The maximum atomic E-state index is 10.8. The number of aryl methyl sites for hydroxylation is 1. The van der Waals surface area contributed by atoms with Gasteiger partial charge in [0.2, 0.25) is 0 Å². The van der Waals surface area contributed by atoms with Crippen molar-refractivity contribution in [2.45, 2.75) is 20.1 Å². The van der Waals surface area contributed by atoms with Crippen LogP contribution >= 0.6 is 0 Å². The van der Waals surface area contributed by atoms with E-state index >= 15 is 0 Å². The summed E-state index contributed by atoms with van der Waals surface area (Å²) >= 11 is 0. The zero-order chi connectivity index (χ0) is 7.56. The van der Waals surface area contributed by atoms with E-state index in [0.29, 0.717) is 12.4 Å². The van der Waals surface area contributed by atoms with Gasteiger partial charge < -0.3 is 5.11 Å². The summed E-state index contributed by atoms with van der Waals surface area (Å²) in [6.45, 7) is 2.11. The highest BCUT2D eigenvalue weighted by atomic mass is 16.3. The second-order valence-corrected chi connectivity index (χ2v) is 1.85. The third kappa shape index (κ3) is 1.08. The van der Waals surface area contributed by atoms with Crippen molar-refractivity contribution in [3.63, 3.8) is 0 Å². The van der Waals surface area contributed by atoms with E-state index in [1.54, 1.807) is 0 Å².